The van der Waals surface area contributed by atoms with Crippen molar-refractivity contribution >= 4 is 5.91 Å². The van der Waals surface area contributed by atoms with E-state index in [9.17, 15) is 9.90 Å². The molecule has 0 aliphatic rings. The van der Waals surface area contributed by atoms with E-state index in [1.165, 1.54) is 0 Å². The largest absolute Gasteiger partial charge is 0.387 e. The van der Waals surface area contributed by atoms with Crippen LogP contribution < -0.4 is 11.1 Å². The van der Waals surface area contributed by atoms with Gasteiger partial charge in [-0.1, -0.05) is 6.92 Å². The number of carbonyl (C=O) groups is 1. The van der Waals surface area contributed by atoms with Gasteiger partial charge in [-0.15, -0.1) is 0 Å². The van der Waals surface area contributed by atoms with Crippen LogP contribution in [-0.4, -0.2) is 54.7 Å². The zero-order valence-corrected chi connectivity index (χ0v) is 10.1. The second-order valence-corrected chi connectivity index (χ2v) is 4.47. The summed E-state index contributed by atoms with van der Waals surface area (Å²) in [5.41, 5.74) is 4.62. The molecule has 0 aromatic carbocycles. The van der Waals surface area contributed by atoms with Gasteiger partial charge in [-0.25, -0.2) is 0 Å². The van der Waals surface area contributed by atoms with Crippen molar-refractivity contribution in [1.29, 1.82) is 0 Å². The fraction of sp³-hybridized carbons (Fsp3) is 0.900. The van der Waals surface area contributed by atoms with Crippen LogP contribution >= 0.6 is 0 Å². The molecule has 1 amide bonds. The maximum atomic E-state index is 11.3. The Morgan fingerprint density at radius 2 is 2.13 bits per heavy atom. The van der Waals surface area contributed by atoms with Gasteiger partial charge in [-0.05, 0) is 27.4 Å². The second-order valence-electron chi connectivity index (χ2n) is 4.47. The number of rotatable bonds is 6. The third-order valence-corrected chi connectivity index (χ3v) is 2.08. The van der Waals surface area contributed by atoms with E-state index < -0.39 is 11.6 Å². The minimum absolute atomic E-state index is 0.212. The molecule has 0 radical (unpaired) electrons. The number of nitrogens with two attached hydrogens (primary N) is 1. The highest BCUT2D eigenvalue weighted by Gasteiger charge is 2.23. The number of hydrogen-bond donors (Lipinski definition) is 3. The zero-order valence-electron chi connectivity index (χ0n) is 10.1. The van der Waals surface area contributed by atoms with Crippen LogP contribution in [0.3, 0.4) is 0 Å². The van der Waals surface area contributed by atoms with Gasteiger partial charge in [0.05, 0.1) is 11.6 Å². The van der Waals surface area contributed by atoms with E-state index >= 15 is 0 Å². The minimum atomic E-state index is -0.924. The van der Waals surface area contributed by atoms with Crippen molar-refractivity contribution in [2.24, 2.45) is 5.73 Å². The Labute approximate surface area is 91.6 Å². The van der Waals surface area contributed by atoms with Crippen LogP contribution in [0.2, 0.25) is 0 Å². The van der Waals surface area contributed by atoms with E-state index in [0.717, 1.165) is 0 Å². The first-order valence-electron chi connectivity index (χ1n) is 5.19. The fourth-order valence-corrected chi connectivity index (χ4v) is 1.33. The molecular formula is C10H23N3O2. The van der Waals surface area contributed by atoms with Gasteiger partial charge in [0, 0.05) is 13.1 Å². The standard InChI is InChI=1S/C10H23N3O2/c1-5-8(11)9(14)12-6-10(2,15)7-13(3)4/h8,15H,5-7,11H2,1-4H3,(H,12,14)/t8-,10?/m0/s1. The SMILES string of the molecule is CC[C@H](N)C(=O)NCC(C)(O)CN(C)C. The molecule has 4 N–H and O–H groups in total. The number of nitrogens with one attached hydrogen (secondary N) is 1. The van der Waals surface area contributed by atoms with Crippen LogP contribution in [-0.2, 0) is 4.79 Å². The molecule has 0 aromatic heterocycles. The Morgan fingerprint density at radius 3 is 2.53 bits per heavy atom. The number of nitrogens with zero attached hydrogens (tertiary/aromatic N) is 1. The fourth-order valence-electron chi connectivity index (χ4n) is 1.33. The lowest BCUT2D eigenvalue weighted by atomic mass is 10.1. The van der Waals surface area contributed by atoms with Crippen molar-refractivity contribution in [3.63, 3.8) is 0 Å². The molecule has 15 heavy (non-hydrogen) atoms. The summed E-state index contributed by atoms with van der Waals surface area (Å²) in [6.45, 7) is 4.25. The third-order valence-electron chi connectivity index (χ3n) is 2.08. The van der Waals surface area contributed by atoms with E-state index in [0.29, 0.717) is 13.0 Å². The summed E-state index contributed by atoms with van der Waals surface area (Å²) in [5, 5.41) is 12.5. The maximum Gasteiger partial charge on any atom is 0.237 e. The van der Waals surface area contributed by atoms with Gasteiger partial charge >= 0.3 is 0 Å². The van der Waals surface area contributed by atoms with Crippen LogP contribution in [0.1, 0.15) is 20.3 Å². The molecule has 0 heterocycles. The zero-order chi connectivity index (χ0) is 12.1. The molecule has 0 spiro atoms. The molecule has 0 saturated carbocycles. The lowest BCUT2D eigenvalue weighted by molar-refractivity contribution is -0.123. The minimum Gasteiger partial charge on any atom is -0.387 e. The Kier molecular flexibility index (Phi) is 5.79. The topological polar surface area (TPSA) is 78.6 Å². The number of hydrogen-bond acceptors (Lipinski definition) is 4. The van der Waals surface area contributed by atoms with E-state index in [-0.39, 0.29) is 12.5 Å². The monoisotopic (exact) mass is 217 g/mol. The lowest BCUT2D eigenvalue weighted by Gasteiger charge is -2.27. The summed E-state index contributed by atoms with van der Waals surface area (Å²) in [5.74, 6) is -0.212. The molecule has 0 bridgehead atoms. The quantitative estimate of drug-likeness (QED) is 0.541. The highest BCUT2D eigenvalue weighted by Crippen LogP contribution is 2.02. The average molecular weight is 217 g/mol. The van der Waals surface area contributed by atoms with Crippen molar-refractivity contribution < 1.29 is 9.90 Å². The van der Waals surface area contributed by atoms with Crippen LogP contribution in [0.15, 0.2) is 0 Å². The Bertz CT molecular complexity index is 205. The molecular weight excluding hydrogens is 194 g/mol. The Hall–Kier alpha value is -0.650. The molecule has 2 atom stereocenters. The third kappa shape index (κ3) is 6.43. The van der Waals surface area contributed by atoms with Crippen LogP contribution in [0.25, 0.3) is 0 Å². The van der Waals surface area contributed by atoms with Gasteiger partial charge in [-0.3, -0.25) is 4.79 Å². The molecule has 0 aliphatic carbocycles. The van der Waals surface area contributed by atoms with E-state index in [4.69, 9.17) is 5.73 Å². The van der Waals surface area contributed by atoms with Crippen molar-refractivity contribution in [2.45, 2.75) is 31.9 Å². The lowest BCUT2D eigenvalue weighted by Crippen LogP contribution is -2.50. The molecule has 0 fully saturated rings. The van der Waals surface area contributed by atoms with Crippen molar-refractivity contribution in [1.82, 2.24) is 10.2 Å². The second kappa shape index (κ2) is 6.05. The molecule has 90 valence electrons. The van der Waals surface area contributed by atoms with Crippen LogP contribution in [0.5, 0.6) is 0 Å². The highest BCUT2D eigenvalue weighted by atomic mass is 16.3. The summed E-state index contributed by atoms with van der Waals surface area (Å²) in [7, 11) is 3.74. The smallest absolute Gasteiger partial charge is 0.237 e. The summed E-state index contributed by atoms with van der Waals surface area (Å²) in [4.78, 5) is 13.2. The number of likely N-dealkylation sites (N-methyl/N-ethyl adjacent to an activating group) is 1. The molecule has 0 aromatic rings. The molecule has 0 saturated heterocycles. The van der Waals surface area contributed by atoms with Gasteiger partial charge in [0.1, 0.15) is 0 Å². The van der Waals surface area contributed by atoms with Crippen molar-refractivity contribution in [2.75, 3.05) is 27.2 Å². The van der Waals surface area contributed by atoms with Crippen molar-refractivity contribution in [3.8, 4) is 0 Å². The average Bonchev–Trinajstić information content (AvgIpc) is 2.11. The number of amides is 1. The molecule has 0 rings (SSSR count). The van der Waals surface area contributed by atoms with Gasteiger partial charge in [-0.2, -0.15) is 0 Å². The first-order valence-corrected chi connectivity index (χ1v) is 5.19. The predicted molar refractivity (Wildman–Crippen MR) is 60.5 cm³/mol. The van der Waals surface area contributed by atoms with Crippen LogP contribution in [0.4, 0.5) is 0 Å². The predicted octanol–water partition coefficient (Wildman–Crippen LogP) is -0.847. The van der Waals surface area contributed by atoms with Gasteiger partial charge in [0.25, 0.3) is 0 Å². The highest BCUT2D eigenvalue weighted by molar-refractivity contribution is 5.81. The van der Waals surface area contributed by atoms with Gasteiger partial charge < -0.3 is 21.1 Å². The molecule has 0 aliphatic heterocycles. The Morgan fingerprint density at radius 1 is 1.60 bits per heavy atom. The first-order chi connectivity index (χ1) is 6.78. The normalized spacial score (nSPS) is 17.3. The Balaban J connectivity index is 3.98. The molecule has 5 nitrogen and oxygen atoms in total. The number of carbonyl (C=O) groups excluding carboxylic acids is 1. The van der Waals surface area contributed by atoms with Crippen LogP contribution in [0, 0.1) is 0 Å². The first kappa shape index (κ1) is 14.3. The van der Waals surface area contributed by atoms with E-state index in [1.54, 1.807) is 6.92 Å². The van der Waals surface area contributed by atoms with Crippen molar-refractivity contribution in [3.05, 3.63) is 0 Å². The summed E-state index contributed by atoms with van der Waals surface area (Å²) in [6.07, 6.45) is 0.599. The van der Waals surface area contributed by atoms with E-state index in [2.05, 4.69) is 5.32 Å². The maximum absolute atomic E-state index is 11.3. The molecule has 5 heteroatoms. The summed E-state index contributed by atoms with van der Waals surface area (Å²) < 4.78 is 0. The van der Waals surface area contributed by atoms with Gasteiger partial charge in [0.15, 0.2) is 0 Å². The number of aliphatic hydroxyl groups is 1. The summed E-state index contributed by atoms with van der Waals surface area (Å²) >= 11 is 0. The molecule has 1 unspecified atom stereocenters. The van der Waals surface area contributed by atoms with Gasteiger partial charge in [0.2, 0.25) is 5.91 Å². The van der Waals surface area contributed by atoms with E-state index in [1.807, 2.05) is 25.9 Å². The summed E-state index contributed by atoms with van der Waals surface area (Å²) in [6, 6.07) is -0.486.